The van der Waals surface area contributed by atoms with Crippen molar-refractivity contribution >= 4 is 12.1 Å². The van der Waals surface area contributed by atoms with E-state index in [-0.39, 0.29) is 11.7 Å². The van der Waals surface area contributed by atoms with Crippen LogP contribution in [0.5, 0.6) is 11.5 Å². The number of carbonyl (C=O) groups is 1. The van der Waals surface area contributed by atoms with E-state index in [1.54, 1.807) is 48.5 Å². The highest BCUT2D eigenvalue weighted by Crippen LogP contribution is 2.12. The quantitative estimate of drug-likeness (QED) is 0.654. The van der Waals surface area contributed by atoms with Crippen LogP contribution < -0.4 is 10.2 Å². The van der Waals surface area contributed by atoms with Crippen LogP contribution >= 0.6 is 0 Å². The summed E-state index contributed by atoms with van der Waals surface area (Å²) < 4.78 is 5.31. The van der Waals surface area contributed by atoms with Crippen molar-refractivity contribution in [2.75, 3.05) is 6.61 Å². The zero-order chi connectivity index (χ0) is 15.1. The molecule has 108 valence electrons. The fourth-order valence-corrected chi connectivity index (χ4v) is 1.70. The third-order valence-electron chi connectivity index (χ3n) is 2.68. The summed E-state index contributed by atoms with van der Waals surface area (Å²) in [4.78, 5) is 11.9. The lowest BCUT2D eigenvalue weighted by Crippen LogP contribution is -2.17. The van der Waals surface area contributed by atoms with Gasteiger partial charge in [-0.2, -0.15) is 5.10 Å². The number of benzene rings is 2. The van der Waals surface area contributed by atoms with Gasteiger partial charge in [-0.1, -0.05) is 12.1 Å². The molecular formula is C16H16N2O3. The number of nitrogens with one attached hydrogen (secondary N) is 1. The molecular weight excluding hydrogens is 268 g/mol. The maximum Gasteiger partial charge on any atom is 0.271 e. The average molecular weight is 284 g/mol. The monoisotopic (exact) mass is 284 g/mol. The summed E-state index contributed by atoms with van der Waals surface area (Å²) in [6, 6.07) is 13.4. The molecule has 0 unspecified atom stereocenters. The topological polar surface area (TPSA) is 70.9 Å². The molecule has 0 aromatic heterocycles. The number of hydrogen-bond acceptors (Lipinski definition) is 4. The largest absolute Gasteiger partial charge is 0.508 e. The van der Waals surface area contributed by atoms with Crippen LogP contribution in [0.15, 0.2) is 53.6 Å². The van der Waals surface area contributed by atoms with Crippen LogP contribution in [0.2, 0.25) is 0 Å². The SMILES string of the molecule is CCOc1ccc(C(=O)NN=Cc2cccc(O)c2)cc1. The van der Waals surface area contributed by atoms with E-state index < -0.39 is 0 Å². The molecule has 2 rings (SSSR count). The summed E-state index contributed by atoms with van der Waals surface area (Å²) in [5.74, 6) is 0.559. The number of amides is 1. The molecule has 5 nitrogen and oxygen atoms in total. The molecule has 0 spiro atoms. The van der Waals surface area contributed by atoms with Gasteiger partial charge in [0.1, 0.15) is 11.5 Å². The molecule has 0 saturated heterocycles. The number of rotatable bonds is 5. The van der Waals surface area contributed by atoms with Crippen molar-refractivity contribution in [3.63, 3.8) is 0 Å². The Kier molecular flexibility index (Phi) is 4.93. The van der Waals surface area contributed by atoms with Crippen LogP contribution in [-0.2, 0) is 0 Å². The summed E-state index contributed by atoms with van der Waals surface area (Å²) >= 11 is 0. The van der Waals surface area contributed by atoms with E-state index in [4.69, 9.17) is 4.74 Å². The lowest BCUT2D eigenvalue weighted by molar-refractivity contribution is 0.0955. The molecule has 0 aliphatic heterocycles. The number of hydrazone groups is 1. The summed E-state index contributed by atoms with van der Waals surface area (Å²) in [6.07, 6.45) is 1.46. The second-order valence-corrected chi connectivity index (χ2v) is 4.25. The molecule has 0 aliphatic rings. The first kappa shape index (κ1) is 14.6. The molecule has 2 aromatic rings. The highest BCUT2D eigenvalue weighted by molar-refractivity contribution is 5.95. The van der Waals surface area contributed by atoms with Crippen LogP contribution in [0.25, 0.3) is 0 Å². The number of hydrogen-bond donors (Lipinski definition) is 2. The van der Waals surface area contributed by atoms with Gasteiger partial charge in [-0.25, -0.2) is 5.43 Å². The van der Waals surface area contributed by atoms with Crippen LogP contribution in [-0.4, -0.2) is 23.8 Å². The van der Waals surface area contributed by atoms with Crippen LogP contribution in [0.4, 0.5) is 0 Å². The predicted octanol–water partition coefficient (Wildman–Crippen LogP) is 2.55. The van der Waals surface area contributed by atoms with E-state index in [1.165, 1.54) is 6.21 Å². The van der Waals surface area contributed by atoms with Crippen molar-refractivity contribution in [1.82, 2.24) is 5.43 Å². The molecule has 0 heterocycles. The van der Waals surface area contributed by atoms with Gasteiger partial charge >= 0.3 is 0 Å². The Morgan fingerprint density at radius 1 is 1.29 bits per heavy atom. The normalized spacial score (nSPS) is 10.5. The van der Waals surface area contributed by atoms with E-state index in [9.17, 15) is 9.90 Å². The lowest BCUT2D eigenvalue weighted by Gasteiger charge is -2.04. The maximum atomic E-state index is 11.9. The van der Waals surface area contributed by atoms with Gasteiger partial charge in [-0.15, -0.1) is 0 Å². The predicted molar refractivity (Wildman–Crippen MR) is 80.8 cm³/mol. The van der Waals surface area contributed by atoms with Crippen LogP contribution in [0.3, 0.4) is 0 Å². The lowest BCUT2D eigenvalue weighted by atomic mass is 10.2. The molecule has 0 saturated carbocycles. The number of aromatic hydroxyl groups is 1. The van der Waals surface area contributed by atoms with E-state index in [0.717, 1.165) is 5.75 Å². The van der Waals surface area contributed by atoms with Crippen molar-refractivity contribution in [2.45, 2.75) is 6.92 Å². The second-order valence-electron chi connectivity index (χ2n) is 4.25. The van der Waals surface area contributed by atoms with Gasteiger partial charge in [0.05, 0.1) is 12.8 Å². The zero-order valence-corrected chi connectivity index (χ0v) is 11.6. The molecule has 2 aromatic carbocycles. The minimum Gasteiger partial charge on any atom is -0.508 e. The van der Waals surface area contributed by atoms with Crippen molar-refractivity contribution < 1.29 is 14.6 Å². The van der Waals surface area contributed by atoms with E-state index in [1.807, 2.05) is 6.92 Å². The number of phenolic OH excluding ortho intramolecular Hbond substituents is 1. The number of ether oxygens (including phenoxy) is 1. The standard InChI is InChI=1S/C16H16N2O3/c1-2-21-15-8-6-13(7-9-15)16(20)18-17-11-12-4-3-5-14(19)10-12/h3-11,19H,2H2,1H3,(H,18,20). The van der Waals surface area contributed by atoms with Crippen molar-refractivity contribution in [2.24, 2.45) is 5.10 Å². The zero-order valence-electron chi connectivity index (χ0n) is 11.6. The fraction of sp³-hybridized carbons (Fsp3) is 0.125. The molecule has 21 heavy (non-hydrogen) atoms. The summed E-state index contributed by atoms with van der Waals surface area (Å²) in [6.45, 7) is 2.48. The summed E-state index contributed by atoms with van der Waals surface area (Å²) in [5.41, 5.74) is 3.61. The second kappa shape index (κ2) is 7.09. The van der Waals surface area contributed by atoms with E-state index in [2.05, 4.69) is 10.5 Å². The van der Waals surface area contributed by atoms with Gasteiger partial charge in [0.2, 0.25) is 0 Å². The summed E-state index contributed by atoms with van der Waals surface area (Å²) in [5, 5.41) is 13.2. The first-order chi connectivity index (χ1) is 10.2. The van der Waals surface area contributed by atoms with Crippen LogP contribution in [0.1, 0.15) is 22.8 Å². The molecule has 0 fully saturated rings. The Labute approximate surface area is 122 Å². The minimum atomic E-state index is -0.311. The fourth-order valence-electron chi connectivity index (χ4n) is 1.70. The third kappa shape index (κ3) is 4.35. The Balaban J connectivity index is 1.95. The third-order valence-corrected chi connectivity index (χ3v) is 2.68. The van der Waals surface area contributed by atoms with Gasteiger partial charge in [0.15, 0.2) is 0 Å². The van der Waals surface area contributed by atoms with Gasteiger partial charge in [0, 0.05) is 5.56 Å². The Morgan fingerprint density at radius 3 is 2.71 bits per heavy atom. The summed E-state index contributed by atoms with van der Waals surface area (Å²) in [7, 11) is 0. The van der Waals surface area contributed by atoms with Gasteiger partial charge < -0.3 is 9.84 Å². The highest BCUT2D eigenvalue weighted by atomic mass is 16.5. The molecule has 0 bridgehead atoms. The minimum absolute atomic E-state index is 0.150. The molecule has 0 atom stereocenters. The number of nitrogens with zero attached hydrogens (tertiary/aromatic N) is 1. The maximum absolute atomic E-state index is 11.9. The molecule has 0 aliphatic carbocycles. The molecule has 2 N–H and O–H groups in total. The van der Waals surface area contributed by atoms with E-state index in [0.29, 0.717) is 17.7 Å². The van der Waals surface area contributed by atoms with Crippen molar-refractivity contribution in [1.29, 1.82) is 0 Å². The molecule has 0 radical (unpaired) electrons. The van der Waals surface area contributed by atoms with E-state index >= 15 is 0 Å². The highest BCUT2D eigenvalue weighted by Gasteiger charge is 2.03. The smallest absolute Gasteiger partial charge is 0.271 e. The van der Waals surface area contributed by atoms with Gasteiger partial charge in [-0.3, -0.25) is 4.79 Å². The van der Waals surface area contributed by atoms with Gasteiger partial charge in [-0.05, 0) is 48.9 Å². The molecule has 1 amide bonds. The van der Waals surface area contributed by atoms with Gasteiger partial charge in [0.25, 0.3) is 5.91 Å². The van der Waals surface area contributed by atoms with Crippen molar-refractivity contribution in [3.8, 4) is 11.5 Å². The Morgan fingerprint density at radius 2 is 2.05 bits per heavy atom. The molecule has 5 heteroatoms. The van der Waals surface area contributed by atoms with Crippen LogP contribution in [0, 0.1) is 0 Å². The Bertz CT molecular complexity index is 636. The first-order valence-electron chi connectivity index (χ1n) is 6.54. The van der Waals surface area contributed by atoms with Crippen molar-refractivity contribution in [3.05, 3.63) is 59.7 Å². The Hall–Kier alpha value is -2.82. The first-order valence-corrected chi connectivity index (χ1v) is 6.54. The average Bonchev–Trinajstić information content (AvgIpc) is 2.48. The number of carbonyl (C=O) groups excluding carboxylic acids is 1. The number of phenols is 1.